The van der Waals surface area contributed by atoms with Crippen LogP contribution in [0.5, 0.6) is 0 Å². The summed E-state index contributed by atoms with van der Waals surface area (Å²) in [5.74, 6) is 1.75. The summed E-state index contributed by atoms with van der Waals surface area (Å²) in [6, 6.07) is 2.49. The largest absolute Gasteiger partial charge is 0.394 e. The SMILES string of the molecule is C[C@H](C[C@@H]1CCCO1)Nc1cc(N2CCC[C@H]2CO)ncn1. The number of hydrogen-bond donors (Lipinski definition) is 2. The third kappa shape index (κ3) is 3.67. The lowest BCUT2D eigenvalue weighted by Crippen LogP contribution is -2.33. The van der Waals surface area contributed by atoms with Gasteiger partial charge in [-0.25, -0.2) is 9.97 Å². The fraction of sp³-hybridized carbons (Fsp3) is 0.750. The van der Waals surface area contributed by atoms with Crippen LogP contribution in [-0.4, -0.2) is 53.0 Å². The molecule has 0 aromatic carbocycles. The van der Waals surface area contributed by atoms with Crippen molar-refractivity contribution >= 4 is 11.6 Å². The Morgan fingerprint density at radius 1 is 1.41 bits per heavy atom. The van der Waals surface area contributed by atoms with Gasteiger partial charge in [-0.3, -0.25) is 0 Å². The van der Waals surface area contributed by atoms with Gasteiger partial charge in [-0.15, -0.1) is 0 Å². The Labute approximate surface area is 131 Å². The summed E-state index contributed by atoms with van der Waals surface area (Å²) >= 11 is 0. The molecule has 2 saturated heterocycles. The number of nitrogens with zero attached hydrogens (tertiary/aromatic N) is 3. The second-order valence-electron chi connectivity index (χ2n) is 6.35. The van der Waals surface area contributed by atoms with Crippen molar-refractivity contribution in [3.05, 3.63) is 12.4 Å². The minimum Gasteiger partial charge on any atom is -0.394 e. The van der Waals surface area contributed by atoms with E-state index in [1.165, 1.54) is 6.42 Å². The van der Waals surface area contributed by atoms with Gasteiger partial charge in [0.1, 0.15) is 18.0 Å². The molecule has 0 bridgehead atoms. The van der Waals surface area contributed by atoms with Crippen LogP contribution in [0.1, 0.15) is 39.0 Å². The number of nitrogens with one attached hydrogen (secondary N) is 1. The van der Waals surface area contributed by atoms with E-state index in [0.717, 1.165) is 50.5 Å². The van der Waals surface area contributed by atoms with Crippen molar-refractivity contribution < 1.29 is 9.84 Å². The average molecular weight is 306 g/mol. The maximum Gasteiger partial charge on any atom is 0.134 e. The van der Waals surface area contributed by atoms with Crippen LogP contribution in [0.2, 0.25) is 0 Å². The summed E-state index contributed by atoms with van der Waals surface area (Å²) in [4.78, 5) is 10.9. The molecule has 122 valence electrons. The van der Waals surface area contributed by atoms with E-state index in [0.29, 0.717) is 12.1 Å². The lowest BCUT2D eigenvalue weighted by atomic mass is 10.1. The molecule has 3 rings (SSSR count). The highest BCUT2D eigenvalue weighted by molar-refractivity contribution is 5.50. The first-order valence-corrected chi connectivity index (χ1v) is 8.34. The van der Waals surface area contributed by atoms with Gasteiger partial charge in [0.15, 0.2) is 0 Å². The van der Waals surface area contributed by atoms with Crippen LogP contribution in [0.4, 0.5) is 11.6 Å². The smallest absolute Gasteiger partial charge is 0.134 e. The molecule has 0 spiro atoms. The molecular weight excluding hydrogens is 280 g/mol. The van der Waals surface area contributed by atoms with E-state index >= 15 is 0 Å². The average Bonchev–Trinajstić information content (AvgIpc) is 3.18. The van der Waals surface area contributed by atoms with Gasteiger partial charge < -0.3 is 20.1 Å². The summed E-state index contributed by atoms with van der Waals surface area (Å²) in [5.41, 5.74) is 0. The number of aliphatic hydroxyl groups excluding tert-OH is 1. The van der Waals surface area contributed by atoms with Gasteiger partial charge in [-0.05, 0) is 39.0 Å². The van der Waals surface area contributed by atoms with Crippen LogP contribution in [-0.2, 0) is 4.74 Å². The van der Waals surface area contributed by atoms with Gasteiger partial charge in [-0.1, -0.05) is 0 Å². The monoisotopic (exact) mass is 306 g/mol. The molecule has 2 fully saturated rings. The first-order chi connectivity index (χ1) is 10.8. The summed E-state index contributed by atoms with van der Waals surface area (Å²) in [7, 11) is 0. The zero-order valence-corrected chi connectivity index (χ0v) is 13.2. The summed E-state index contributed by atoms with van der Waals surface area (Å²) in [6.07, 6.45) is 7.44. The van der Waals surface area contributed by atoms with Crippen LogP contribution in [0, 0.1) is 0 Å². The van der Waals surface area contributed by atoms with E-state index in [4.69, 9.17) is 4.74 Å². The number of aromatic nitrogens is 2. The molecule has 1 aromatic rings. The Kier molecular flexibility index (Phi) is 5.10. The number of rotatable bonds is 6. The highest BCUT2D eigenvalue weighted by atomic mass is 16.5. The molecule has 0 unspecified atom stereocenters. The fourth-order valence-electron chi connectivity index (χ4n) is 3.45. The molecule has 0 aliphatic carbocycles. The molecule has 1 aromatic heterocycles. The van der Waals surface area contributed by atoms with Crippen LogP contribution < -0.4 is 10.2 Å². The normalized spacial score (nSPS) is 26.4. The molecule has 0 saturated carbocycles. The molecule has 6 nitrogen and oxygen atoms in total. The van der Waals surface area contributed by atoms with E-state index in [2.05, 4.69) is 27.1 Å². The Morgan fingerprint density at radius 3 is 3.09 bits per heavy atom. The molecule has 6 heteroatoms. The lowest BCUT2D eigenvalue weighted by molar-refractivity contribution is 0.101. The van der Waals surface area contributed by atoms with Crippen molar-refractivity contribution in [3.63, 3.8) is 0 Å². The molecule has 2 N–H and O–H groups in total. The van der Waals surface area contributed by atoms with Gasteiger partial charge >= 0.3 is 0 Å². The number of hydrogen-bond acceptors (Lipinski definition) is 6. The second-order valence-corrected chi connectivity index (χ2v) is 6.35. The quantitative estimate of drug-likeness (QED) is 0.835. The predicted octanol–water partition coefficient (Wildman–Crippen LogP) is 1.81. The number of aliphatic hydroxyl groups is 1. The standard InChI is InChI=1S/C16H26N4O2/c1-12(8-14-5-3-7-22-14)19-15-9-16(18-11-17-15)20-6-2-4-13(20)10-21/h9,11-14,21H,2-8,10H2,1H3,(H,17,18,19)/t12-,13+,14+/m1/s1. The topological polar surface area (TPSA) is 70.5 Å². The Morgan fingerprint density at radius 2 is 2.32 bits per heavy atom. The third-order valence-corrected chi connectivity index (χ3v) is 4.57. The molecule has 0 amide bonds. The van der Waals surface area contributed by atoms with Gasteiger partial charge in [0, 0.05) is 25.3 Å². The van der Waals surface area contributed by atoms with Crippen LogP contribution in [0.3, 0.4) is 0 Å². The Balaban J connectivity index is 1.60. The minimum absolute atomic E-state index is 0.183. The highest BCUT2D eigenvalue weighted by Crippen LogP contribution is 2.25. The number of anilines is 2. The Bertz CT molecular complexity index is 479. The van der Waals surface area contributed by atoms with Crippen LogP contribution >= 0.6 is 0 Å². The van der Waals surface area contributed by atoms with Crippen LogP contribution in [0.25, 0.3) is 0 Å². The van der Waals surface area contributed by atoms with Gasteiger partial charge in [0.25, 0.3) is 0 Å². The first kappa shape index (κ1) is 15.5. The zero-order chi connectivity index (χ0) is 15.4. The van der Waals surface area contributed by atoms with Crippen molar-refractivity contribution in [1.82, 2.24) is 9.97 Å². The maximum atomic E-state index is 9.46. The van der Waals surface area contributed by atoms with E-state index in [1.807, 2.05) is 6.07 Å². The highest BCUT2D eigenvalue weighted by Gasteiger charge is 2.25. The summed E-state index contributed by atoms with van der Waals surface area (Å²) < 4.78 is 5.69. The van der Waals surface area contributed by atoms with E-state index in [9.17, 15) is 5.11 Å². The summed E-state index contributed by atoms with van der Waals surface area (Å²) in [6.45, 7) is 4.19. The molecule has 22 heavy (non-hydrogen) atoms. The maximum absolute atomic E-state index is 9.46. The molecule has 3 atom stereocenters. The van der Waals surface area contributed by atoms with Gasteiger partial charge in [0.05, 0.1) is 18.8 Å². The van der Waals surface area contributed by atoms with Gasteiger partial charge in [0.2, 0.25) is 0 Å². The molecule has 2 aliphatic heterocycles. The predicted molar refractivity (Wildman–Crippen MR) is 86.2 cm³/mol. The minimum atomic E-state index is 0.183. The van der Waals surface area contributed by atoms with E-state index < -0.39 is 0 Å². The molecule has 2 aliphatic rings. The van der Waals surface area contributed by atoms with Crippen molar-refractivity contribution in [1.29, 1.82) is 0 Å². The molecular formula is C16H26N4O2. The van der Waals surface area contributed by atoms with Crippen molar-refractivity contribution in [2.45, 2.75) is 57.2 Å². The van der Waals surface area contributed by atoms with Crippen LogP contribution in [0.15, 0.2) is 12.4 Å². The van der Waals surface area contributed by atoms with Crippen molar-refractivity contribution in [3.8, 4) is 0 Å². The lowest BCUT2D eigenvalue weighted by Gasteiger charge is -2.24. The fourth-order valence-corrected chi connectivity index (χ4v) is 3.45. The second kappa shape index (κ2) is 7.24. The van der Waals surface area contributed by atoms with E-state index in [-0.39, 0.29) is 12.6 Å². The van der Waals surface area contributed by atoms with E-state index in [1.54, 1.807) is 6.33 Å². The molecule has 0 radical (unpaired) electrons. The first-order valence-electron chi connectivity index (χ1n) is 8.34. The third-order valence-electron chi connectivity index (χ3n) is 4.57. The van der Waals surface area contributed by atoms with Crippen molar-refractivity contribution in [2.24, 2.45) is 0 Å². The van der Waals surface area contributed by atoms with Gasteiger partial charge in [-0.2, -0.15) is 0 Å². The number of ether oxygens (including phenoxy) is 1. The summed E-state index contributed by atoms with van der Waals surface area (Å²) in [5, 5.41) is 12.9. The van der Waals surface area contributed by atoms with Crippen molar-refractivity contribution in [2.75, 3.05) is 30.0 Å². The Hall–Kier alpha value is -1.40. The zero-order valence-electron chi connectivity index (χ0n) is 13.2. The molecule has 3 heterocycles.